The lowest BCUT2D eigenvalue weighted by molar-refractivity contribution is 0.0664. The van der Waals surface area contributed by atoms with Gasteiger partial charge in [-0.3, -0.25) is 9.48 Å². The van der Waals surface area contributed by atoms with Gasteiger partial charge >= 0.3 is 0 Å². The highest BCUT2D eigenvalue weighted by Crippen LogP contribution is 2.35. The van der Waals surface area contributed by atoms with Gasteiger partial charge in [0.1, 0.15) is 0 Å². The molecular weight excluding hydrogens is 300 g/mol. The van der Waals surface area contributed by atoms with Gasteiger partial charge in [0.25, 0.3) is 5.91 Å². The van der Waals surface area contributed by atoms with E-state index in [-0.39, 0.29) is 5.91 Å². The molecule has 0 aliphatic heterocycles. The summed E-state index contributed by atoms with van der Waals surface area (Å²) in [6.45, 7) is 0. The molecule has 0 saturated heterocycles. The van der Waals surface area contributed by atoms with E-state index in [0.717, 1.165) is 42.6 Å². The molecule has 4 rings (SSSR count). The molecule has 0 radical (unpaired) electrons. The molecule has 0 unspecified atom stereocenters. The molecular formula is C19H24N4O. The van der Waals surface area contributed by atoms with Crippen LogP contribution in [0.5, 0.6) is 0 Å². The van der Waals surface area contributed by atoms with E-state index in [1.54, 1.807) is 10.9 Å². The largest absolute Gasteiger partial charge is 0.353 e. The van der Waals surface area contributed by atoms with Crippen LogP contribution in [-0.2, 0) is 7.05 Å². The van der Waals surface area contributed by atoms with E-state index in [2.05, 4.69) is 15.3 Å². The van der Waals surface area contributed by atoms with Crippen molar-refractivity contribution >= 4 is 17.3 Å². The van der Waals surface area contributed by atoms with Gasteiger partial charge in [-0.05, 0) is 43.9 Å². The first kappa shape index (κ1) is 15.2. The smallest absolute Gasteiger partial charge is 0.254 e. The number of hydrogen-bond acceptors (Lipinski definition) is 3. The number of hydrogen-bond donors (Lipinski definition) is 1. The summed E-state index contributed by atoms with van der Waals surface area (Å²) in [4.78, 5) is 15.3. The second-order valence-electron chi connectivity index (χ2n) is 6.99. The van der Waals surface area contributed by atoms with Gasteiger partial charge in [-0.1, -0.05) is 18.9 Å². The molecule has 0 atom stereocenters. The Morgan fingerprint density at radius 2 is 1.92 bits per heavy atom. The number of rotatable bonds is 5. The Morgan fingerprint density at radius 3 is 2.58 bits per heavy atom. The lowest BCUT2D eigenvalue weighted by Gasteiger charge is -2.29. The second-order valence-corrected chi connectivity index (χ2v) is 6.99. The van der Waals surface area contributed by atoms with Crippen molar-refractivity contribution in [2.24, 2.45) is 7.05 Å². The van der Waals surface area contributed by atoms with Crippen molar-refractivity contribution in [3.63, 3.8) is 0 Å². The van der Waals surface area contributed by atoms with Crippen LogP contribution in [-0.4, -0.2) is 32.7 Å². The molecule has 2 aliphatic rings. The van der Waals surface area contributed by atoms with Crippen LogP contribution in [0.3, 0.4) is 0 Å². The monoisotopic (exact) mass is 324 g/mol. The molecule has 0 spiro atoms. The van der Waals surface area contributed by atoms with E-state index in [9.17, 15) is 4.79 Å². The van der Waals surface area contributed by atoms with Crippen LogP contribution >= 0.6 is 0 Å². The minimum atomic E-state index is 0.194. The SMILES string of the molecule is Cn1cc(Nc2cccc(C(=O)N(C3CCCC3)C3CC3)c2)cn1. The average molecular weight is 324 g/mol. The number of benzene rings is 1. The summed E-state index contributed by atoms with van der Waals surface area (Å²) in [7, 11) is 1.89. The number of nitrogens with zero attached hydrogens (tertiary/aromatic N) is 3. The lowest BCUT2D eigenvalue weighted by atomic mass is 10.1. The van der Waals surface area contributed by atoms with E-state index in [4.69, 9.17) is 0 Å². The van der Waals surface area contributed by atoms with Crippen molar-refractivity contribution in [2.75, 3.05) is 5.32 Å². The highest BCUT2D eigenvalue weighted by atomic mass is 16.2. The summed E-state index contributed by atoms with van der Waals surface area (Å²) in [5.41, 5.74) is 2.63. The Bertz CT molecular complexity index is 728. The Morgan fingerprint density at radius 1 is 1.17 bits per heavy atom. The fourth-order valence-electron chi connectivity index (χ4n) is 3.70. The number of amides is 1. The zero-order valence-electron chi connectivity index (χ0n) is 14.1. The van der Waals surface area contributed by atoms with Crippen molar-refractivity contribution in [3.8, 4) is 0 Å². The molecule has 1 aromatic heterocycles. The molecule has 2 aliphatic carbocycles. The standard InChI is InChI=1S/C19H24N4O/c1-22-13-16(12-20-22)21-15-6-4-5-14(11-15)19(24)23(18-9-10-18)17-7-2-3-8-17/h4-6,11-13,17-18,21H,2-3,7-10H2,1H3. The van der Waals surface area contributed by atoms with E-state index in [0.29, 0.717) is 12.1 Å². The molecule has 2 aromatic rings. The van der Waals surface area contributed by atoms with Crippen molar-refractivity contribution in [3.05, 3.63) is 42.2 Å². The van der Waals surface area contributed by atoms with Crippen molar-refractivity contribution in [1.82, 2.24) is 14.7 Å². The maximum atomic E-state index is 13.1. The summed E-state index contributed by atoms with van der Waals surface area (Å²) < 4.78 is 1.76. The number of anilines is 2. The highest BCUT2D eigenvalue weighted by Gasteiger charge is 2.38. The fourth-order valence-corrected chi connectivity index (χ4v) is 3.70. The molecule has 0 bridgehead atoms. The van der Waals surface area contributed by atoms with Gasteiger partial charge in [-0.15, -0.1) is 0 Å². The summed E-state index contributed by atoms with van der Waals surface area (Å²) >= 11 is 0. The van der Waals surface area contributed by atoms with E-state index >= 15 is 0 Å². The van der Waals surface area contributed by atoms with Gasteiger partial charge in [0.15, 0.2) is 0 Å². The summed E-state index contributed by atoms with van der Waals surface area (Å²) in [5.74, 6) is 0.194. The number of carbonyl (C=O) groups excluding carboxylic acids is 1. The molecule has 1 N–H and O–H groups in total. The van der Waals surface area contributed by atoms with Crippen LogP contribution in [0.1, 0.15) is 48.9 Å². The molecule has 5 heteroatoms. The van der Waals surface area contributed by atoms with Crippen LogP contribution in [0, 0.1) is 0 Å². The minimum Gasteiger partial charge on any atom is -0.353 e. The first-order chi connectivity index (χ1) is 11.7. The number of aryl methyl sites for hydroxylation is 1. The van der Waals surface area contributed by atoms with E-state index in [1.165, 1.54) is 12.8 Å². The van der Waals surface area contributed by atoms with Gasteiger partial charge in [0, 0.05) is 36.6 Å². The quantitative estimate of drug-likeness (QED) is 0.912. The molecule has 5 nitrogen and oxygen atoms in total. The van der Waals surface area contributed by atoms with Crippen LogP contribution in [0.25, 0.3) is 0 Å². The third-order valence-electron chi connectivity index (χ3n) is 5.00. The van der Waals surface area contributed by atoms with Crippen LogP contribution in [0.2, 0.25) is 0 Å². The van der Waals surface area contributed by atoms with Crippen molar-refractivity contribution < 1.29 is 4.79 Å². The van der Waals surface area contributed by atoms with Crippen LogP contribution in [0.4, 0.5) is 11.4 Å². The Labute approximate surface area is 142 Å². The Kier molecular flexibility index (Phi) is 4.00. The minimum absolute atomic E-state index is 0.194. The van der Waals surface area contributed by atoms with Gasteiger partial charge in [0.2, 0.25) is 0 Å². The molecule has 1 heterocycles. The van der Waals surface area contributed by atoms with Crippen LogP contribution < -0.4 is 5.32 Å². The van der Waals surface area contributed by atoms with Gasteiger partial charge in [0.05, 0.1) is 11.9 Å². The van der Waals surface area contributed by atoms with Crippen molar-refractivity contribution in [2.45, 2.75) is 50.6 Å². The lowest BCUT2D eigenvalue weighted by Crippen LogP contribution is -2.40. The van der Waals surface area contributed by atoms with Gasteiger partial charge in [-0.25, -0.2) is 0 Å². The number of aromatic nitrogens is 2. The molecule has 24 heavy (non-hydrogen) atoms. The Balaban J connectivity index is 1.54. The summed E-state index contributed by atoms with van der Waals surface area (Å²) in [6, 6.07) is 8.74. The molecule has 1 amide bonds. The molecule has 126 valence electrons. The van der Waals surface area contributed by atoms with Crippen LogP contribution in [0.15, 0.2) is 36.7 Å². The third kappa shape index (κ3) is 3.16. The molecule has 2 fully saturated rings. The zero-order chi connectivity index (χ0) is 16.5. The maximum absolute atomic E-state index is 13.1. The Hall–Kier alpha value is -2.30. The number of carbonyl (C=O) groups is 1. The predicted molar refractivity (Wildman–Crippen MR) is 94.4 cm³/mol. The zero-order valence-corrected chi connectivity index (χ0v) is 14.1. The predicted octanol–water partition coefficient (Wildman–Crippen LogP) is 3.71. The first-order valence-electron chi connectivity index (χ1n) is 8.89. The number of nitrogens with one attached hydrogen (secondary N) is 1. The van der Waals surface area contributed by atoms with Gasteiger partial charge in [-0.2, -0.15) is 5.10 Å². The van der Waals surface area contributed by atoms with Gasteiger partial charge < -0.3 is 10.2 Å². The topological polar surface area (TPSA) is 50.2 Å². The highest BCUT2D eigenvalue weighted by molar-refractivity contribution is 5.96. The summed E-state index contributed by atoms with van der Waals surface area (Å²) in [6.07, 6.45) is 10.9. The van der Waals surface area contributed by atoms with E-state index < -0.39 is 0 Å². The van der Waals surface area contributed by atoms with E-state index in [1.807, 2.05) is 37.5 Å². The molecule has 1 aromatic carbocycles. The molecule has 2 saturated carbocycles. The van der Waals surface area contributed by atoms with Crippen molar-refractivity contribution in [1.29, 1.82) is 0 Å². The normalized spacial score (nSPS) is 17.9. The maximum Gasteiger partial charge on any atom is 0.254 e. The first-order valence-corrected chi connectivity index (χ1v) is 8.89. The average Bonchev–Trinajstić information content (AvgIpc) is 3.09. The fraction of sp³-hybridized carbons (Fsp3) is 0.474. The summed E-state index contributed by atoms with van der Waals surface area (Å²) in [5, 5.41) is 7.48. The second kappa shape index (κ2) is 6.30. The third-order valence-corrected chi connectivity index (χ3v) is 5.00.